The summed E-state index contributed by atoms with van der Waals surface area (Å²) in [6.07, 6.45) is 3.77. The molecule has 0 bridgehead atoms. The van der Waals surface area contributed by atoms with Gasteiger partial charge >= 0.3 is 0 Å². The molecule has 0 heterocycles. The molecule has 0 amide bonds. The predicted octanol–water partition coefficient (Wildman–Crippen LogP) is -0.596. The molecule has 3 heteroatoms. The zero-order valence-electron chi connectivity index (χ0n) is 5.91. The molecule has 0 saturated carbocycles. The molecule has 1 atom stereocenters. The van der Waals surface area contributed by atoms with Gasteiger partial charge in [0.2, 0.25) is 0 Å². The zero-order chi connectivity index (χ0) is 7.11. The van der Waals surface area contributed by atoms with Crippen molar-refractivity contribution in [1.82, 2.24) is 0 Å². The van der Waals surface area contributed by atoms with Crippen LogP contribution in [0.25, 0.3) is 0 Å². The van der Waals surface area contributed by atoms with Gasteiger partial charge < -0.3 is 11.5 Å². The van der Waals surface area contributed by atoms with Crippen LogP contribution in [-0.4, -0.2) is 17.9 Å². The maximum Gasteiger partial charge on any atom is 0.0941 e. The number of hydrogen-bond acceptors (Lipinski definition) is 0. The van der Waals surface area contributed by atoms with E-state index in [1.165, 1.54) is 19.3 Å². The van der Waals surface area contributed by atoms with Crippen molar-refractivity contribution in [2.24, 2.45) is 0 Å². The summed E-state index contributed by atoms with van der Waals surface area (Å²) >= 11 is 3.39. The summed E-state index contributed by atoms with van der Waals surface area (Å²) in [6, 6.07) is 0.594. The van der Waals surface area contributed by atoms with E-state index >= 15 is 0 Å². The molecule has 0 aliphatic rings. The zero-order valence-corrected chi connectivity index (χ0v) is 7.49. The number of alkyl halides is 1. The van der Waals surface area contributed by atoms with Gasteiger partial charge in [-0.15, -0.1) is 0 Å². The van der Waals surface area contributed by atoms with Crippen molar-refractivity contribution in [2.45, 2.75) is 25.3 Å². The van der Waals surface area contributed by atoms with Crippen LogP contribution in [0.5, 0.6) is 0 Å². The Morgan fingerprint density at radius 1 is 1.33 bits per heavy atom. The van der Waals surface area contributed by atoms with Gasteiger partial charge in [-0.05, 0) is 12.8 Å². The average molecular weight is 197 g/mol. The van der Waals surface area contributed by atoms with Crippen LogP contribution in [0.3, 0.4) is 0 Å². The molecular formula is C6H17BrN2+2. The quantitative estimate of drug-likeness (QED) is 0.437. The first-order valence-electron chi connectivity index (χ1n) is 3.49. The second kappa shape index (κ2) is 6.52. The fraction of sp³-hybridized carbons (Fsp3) is 1.00. The first-order valence-corrected chi connectivity index (χ1v) is 4.61. The van der Waals surface area contributed by atoms with Crippen LogP contribution in [0, 0.1) is 0 Å². The second-order valence-electron chi connectivity index (χ2n) is 2.37. The summed E-state index contributed by atoms with van der Waals surface area (Å²) in [5, 5.41) is 1.03. The highest BCUT2D eigenvalue weighted by atomic mass is 79.9. The minimum atomic E-state index is 0.594. The SMILES string of the molecule is [NH3+]CCCCC([NH3+])CBr. The van der Waals surface area contributed by atoms with E-state index in [-0.39, 0.29) is 0 Å². The van der Waals surface area contributed by atoms with Crippen molar-refractivity contribution in [3.05, 3.63) is 0 Å². The lowest BCUT2D eigenvalue weighted by atomic mass is 10.1. The van der Waals surface area contributed by atoms with E-state index in [0.29, 0.717) is 6.04 Å². The third-order valence-corrected chi connectivity index (χ3v) is 2.25. The van der Waals surface area contributed by atoms with Gasteiger partial charge in [-0.25, -0.2) is 0 Å². The Balaban J connectivity index is 2.88. The van der Waals surface area contributed by atoms with E-state index in [1.807, 2.05) is 0 Å². The van der Waals surface area contributed by atoms with E-state index in [2.05, 4.69) is 27.4 Å². The Hall–Kier alpha value is 0.400. The van der Waals surface area contributed by atoms with Gasteiger partial charge in [0.15, 0.2) is 0 Å². The molecule has 0 aromatic heterocycles. The summed E-state index contributed by atoms with van der Waals surface area (Å²) in [7, 11) is 0. The van der Waals surface area contributed by atoms with Crippen LogP contribution in [0.4, 0.5) is 0 Å². The highest BCUT2D eigenvalue weighted by molar-refractivity contribution is 9.09. The minimum Gasteiger partial charge on any atom is -0.358 e. The van der Waals surface area contributed by atoms with Crippen molar-refractivity contribution >= 4 is 15.9 Å². The monoisotopic (exact) mass is 196 g/mol. The molecule has 1 unspecified atom stereocenters. The molecule has 0 spiro atoms. The number of quaternary nitrogens is 2. The lowest BCUT2D eigenvalue weighted by Crippen LogP contribution is -2.61. The Labute approximate surface area is 65.1 Å². The number of halogens is 1. The maximum atomic E-state index is 3.96. The van der Waals surface area contributed by atoms with Crippen molar-refractivity contribution in [1.29, 1.82) is 0 Å². The molecule has 56 valence electrons. The van der Waals surface area contributed by atoms with Gasteiger partial charge in [0.25, 0.3) is 0 Å². The van der Waals surface area contributed by atoms with E-state index in [1.54, 1.807) is 0 Å². The average Bonchev–Trinajstić information content (AvgIpc) is 1.89. The number of rotatable bonds is 5. The van der Waals surface area contributed by atoms with E-state index in [4.69, 9.17) is 0 Å². The lowest BCUT2D eigenvalue weighted by molar-refractivity contribution is -0.413. The molecular weight excluding hydrogens is 180 g/mol. The normalized spacial score (nSPS) is 13.7. The van der Waals surface area contributed by atoms with Crippen LogP contribution in [0.15, 0.2) is 0 Å². The summed E-state index contributed by atoms with van der Waals surface area (Å²) in [5.74, 6) is 0. The topological polar surface area (TPSA) is 55.3 Å². The molecule has 0 fully saturated rings. The molecule has 0 radical (unpaired) electrons. The minimum absolute atomic E-state index is 0.594. The van der Waals surface area contributed by atoms with E-state index < -0.39 is 0 Å². The van der Waals surface area contributed by atoms with Gasteiger partial charge in [-0.3, -0.25) is 0 Å². The van der Waals surface area contributed by atoms with Gasteiger partial charge in [-0.1, -0.05) is 15.9 Å². The summed E-state index contributed by atoms with van der Waals surface area (Å²) in [5.41, 5.74) is 7.74. The fourth-order valence-electron chi connectivity index (χ4n) is 0.687. The van der Waals surface area contributed by atoms with E-state index in [0.717, 1.165) is 11.9 Å². The third-order valence-electron chi connectivity index (χ3n) is 1.33. The van der Waals surface area contributed by atoms with Gasteiger partial charge in [0.1, 0.15) is 0 Å². The maximum absolute atomic E-state index is 3.96. The Bertz CT molecular complexity index is 59.0. The summed E-state index contributed by atoms with van der Waals surface area (Å²) in [4.78, 5) is 0. The Morgan fingerprint density at radius 2 is 2.00 bits per heavy atom. The smallest absolute Gasteiger partial charge is 0.0941 e. The lowest BCUT2D eigenvalue weighted by Gasteiger charge is -2.01. The summed E-state index contributed by atoms with van der Waals surface area (Å²) < 4.78 is 0. The molecule has 0 saturated heterocycles. The number of unbranched alkanes of at least 4 members (excludes halogenated alkanes) is 1. The first-order chi connectivity index (χ1) is 4.31. The van der Waals surface area contributed by atoms with E-state index in [9.17, 15) is 0 Å². The van der Waals surface area contributed by atoms with Crippen molar-refractivity contribution in [3.63, 3.8) is 0 Å². The van der Waals surface area contributed by atoms with Crippen molar-refractivity contribution < 1.29 is 11.5 Å². The fourth-order valence-corrected chi connectivity index (χ4v) is 1.01. The Kier molecular flexibility index (Phi) is 6.81. The molecule has 0 aliphatic heterocycles. The third kappa shape index (κ3) is 6.28. The molecule has 9 heavy (non-hydrogen) atoms. The second-order valence-corrected chi connectivity index (χ2v) is 3.02. The van der Waals surface area contributed by atoms with Crippen LogP contribution in [-0.2, 0) is 0 Å². The summed E-state index contributed by atoms with van der Waals surface area (Å²) in [6.45, 7) is 1.06. The largest absolute Gasteiger partial charge is 0.358 e. The number of hydrogen-bond donors (Lipinski definition) is 2. The van der Waals surface area contributed by atoms with Crippen LogP contribution >= 0.6 is 15.9 Å². The molecule has 0 aromatic rings. The van der Waals surface area contributed by atoms with Crippen LogP contribution in [0.1, 0.15) is 19.3 Å². The van der Waals surface area contributed by atoms with Gasteiger partial charge in [0.05, 0.1) is 17.9 Å². The molecule has 0 aliphatic carbocycles. The van der Waals surface area contributed by atoms with Gasteiger partial charge in [0, 0.05) is 6.42 Å². The first kappa shape index (κ1) is 9.40. The molecule has 0 rings (SSSR count). The van der Waals surface area contributed by atoms with Crippen LogP contribution < -0.4 is 11.5 Å². The molecule has 2 nitrogen and oxygen atoms in total. The molecule has 6 N–H and O–H groups in total. The van der Waals surface area contributed by atoms with Crippen molar-refractivity contribution in [3.8, 4) is 0 Å². The highest BCUT2D eigenvalue weighted by Crippen LogP contribution is 1.97. The predicted molar refractivity (Wildman–Crippen MR) is 42.1 cm³/mol. The van der Waals surface area contributed by atoms with Crippen molar-refractivity contribution in [2.75, 3.05) is 11.9 Å². The van der Waals surface area contributed by atoms with Gasteiger partial charge in [-0.2, -0.15) is 0 Å². The molecule has 0 aromatic carbocycles. The Morgan fingerprint density at radius 3 is 2.44 bits per heavy atom. The highest BCUT2D eigenvalue weighted by Gasteiger charge is 2.01. The van der Waals surface area contributed by atoms with Crippen LogP contribution in [0.2, 0.25) is 0 Å². The standard InChI is InChI=1S/C6H15BrN2/c7-5-6(9)3-1-2-4-8/h6H,1-5,8-9H2/p+2.